The van der Waals surface area contributed by atoms with E-state index < -0.39 is 5.54 Å². The number of hydrogen-bond acceptors (Lipinski definition) is 3. The molecule has 2 heterocycles. The van der Waals surface area contributed by atoms with Gasteiger partial charge in [0.25, 0.3) is 5.91 Å². The highest BCUT2D eigenvalue weighted by molar-refractivity contribution is 6.23. The molecule has 2 fully saturated rings. The lowest BCUT2D eigenvalue weighted by Crippen LogP contribution is -2.69. The number of hydrogen-bond donors (Lipinski definition) is 1. The van der Waals surface area contributed by atoms with Gasteiger partial charge in [-0.1, -0.05) is 48.0 Å². The number of likely N-dealkylation sites (tertiary alicyclic amines) is 1. The van der Waals surface area contributed by atoms with E-state index in [1.807, 2.05) is 37.3 Å². The molecule has 0 atom stereocenters. The van der Waals surface area contributed by atoms with E-state index in [4.69, 9.17) is 0 Å². The van der Waals surface area contributed by atoms with Crippen LogP contribution >= 0.6 is 0 Å². The molecule has 1 spiro atoms. The van der Waals surface area contributed by atoms with Gasteiger partial charge in [0.05, 0.1) is 5.69 Å². The van der Waals surface area contributed by atoms with Crippen LogP contribution in [0.5, 0.6) is 0 Å². The summed E-state index contributed by atoms with van der Waals surface area (Å²) in [7, 11) is 0. The summed E-state index contributed by atoms with van der Waals surface area (Å²) in [5.74, 6) is -0.142. The Morgan fingerprint density at radius 1 is 0.867 bits per heavy atom. The number of carbonyl (C=O) groups is 2. The monoisotopic (exact) mass is 405 g/mol. The van der Waals surface area contributed by atoms with E-state index in [1.165, 1.54) is 10.5 Å². The van der Waals surface area contributed by atoms with Crippen molar-refractivity contribution in [3.8, 4) is 0 Å². The summed E-state index contributed by atoms with van der Waals surface area (Å²) in [6.07, 6.45) is 1.15. The molecule has 30 heavy (non-hydrogen) atoms. The van der Waals surface area contributed by atoms with Crippen LogP contribution < -0.4 is 10.2 Å². The number of benzene rings is 2. The second-order valence-electron chi connectivity index (χ2n) is 10.0. The van der Waals surface area contributed by atoms with Crippen LogP contribution in [0.2, 0.25) is 0 Å². The Hall–Kier alpha value is -2.66. The molecule has 0 radical (unpaired) electrons. The van der Waals surface area contributed by atoms with Crippen LogP contribution in [-0.4, -0.2) is 33.5 Å². The number of rotatable bonds is 3. The Balaban J connectivity index is 1.66. The average Bonchev–Trinajstić information content (AvgIpc) is 2.88. The maximum absolute atomic E-state index is 13.6. The second-order valence-corrected chi connectivity index (χ2v) is 10.0. The normalized spacial score (nSPS) is 22.4. The standard InChI is InChI=1S/C25H31N3O2/c1-18-11-13-20(14-12-18)28-21(29)25(26-22(28)30)16-23(2,3)27(24(4,5)17-25)15-19-9-7-6-8-10-19/h6-14H,15-17H2,1-5H3,(H,26,30). The highest BCUT2D eigenvalue weighted by Gasteiger charge is 2.61. The van der Waals surface area contributed by atoms with Gasteiger partial charge in [0.2, 0.25) is 0 Å². The number of carbonyl (C=O) groups excluding carboxylic acids is 2. The molecule has 3 amide bonds. The van der Waals surface area contributed by atoms with E-state index in [2.05, 4.69) is 62.2 Å². The lowest BCUT2D eigenvalue weighted by molar-refractivity contribution is -0.133. The average molecular weight is 406 g/mol. The second kappa shape index (κ2) is 6.95. The van der Waals surface area contributed by atoms with Gasteiger partial charge in [0.15, 0.2) is 0 Å². The van der Waals surface area contributed by atoms with Gasteiger partial charge in [-0.05, 0) is 65.2 Å². The van der Waals surface area contributed by atoms with Gasteiger partial charge in [-0.2, -0.15) is 0 Å². The zero-order valence-electron chi connectivity index (χ0n) is 18.5. The molecule has 2 saturated heterocycles. The maximum Gasteiger partial charge on any atom is 0.329 e. The van der Waals surface area contributed by atoms with Crippen LogP contribution in [0.4, 0.5) is 10.5 Å². The van der Waals surface area contributed by atoms with Gasteiger partial charge >= 0.3 is 6.03 Å². The van der Waals surface area contributed by atoms with Crippen LogP contribution in [0.3, 0.4) is 0 Å². The largest absolute Gasteiger partial charge is 0.329 e. The van der Waals surface area contributed by atoms with Gasteiger partial charge in [0, 0.05) is 17.6 Å². The van der Waals surface area contributed by atoms with Crippen molar-refractivity contribution in [3.63, 3.8) is 0 Å². The van der Waals surface area contributed by atoms with Crippen molar-refractivity contribution < 1.29 is 9.59 Å². The van der Waals surface area contributed by atoms with Crippen molar-refractivity contribution in [2.45, 2.75) is 70.6 Å². The first-order chi connectivity index (χ1) is 14.0. The number of nitrogens with zero attached hydrogens (tertiary/aromatic N) is 2. The fraction of sp³-hybridized carbons (Fsp3) is 0.440. The Kier molecular flexibility index (Phi) is 4.77. The van der Waals surface area contributed by atoms with E-state index in [0.29, 0.717) is 18.5 Å². The molecule has 158 valence electrons. The van der Waals surface area contributed by atoms with E-state index in [1.54, 1.807) is 0 Å². The molecule has 5 heteroatoms. The molecular weight excluding hydrogens is 374 g/mol. The van der Waals surface area contributed by atoms with Gasteiger partial charge in [-0.25, -0.2) is 9.69 Å². The van der Waals surface area contributed by atoms with Crippen LogP contribution in [-0.2, 0) is 11.3 Å². The van der Waals surface area contributed by atoms with Crippen LogP contribution in [0, 0.1) is 6.92 Å². The first-order valence-corrected chi connectivity index (χ1v) is 10.6. The minimum absolute atomic E-state index is 0.142. The first kappa shape index (κ1) is 20.6. The van der Waals surface area contributed by atoms with Gasteiger partial charge in [-0.3, -0.25) is 9.69 Å². The minimum Gasteiger partial charge on any atom is -0.323 e. The van der Waals surface area contributed by atoms with Crippen molar-refractivity contribution in [3.05, 3.63) is 65.7 Å². The van der Waals surface area contributed by atoms with E-state index in [-0.39, 0.29) is 23.0 Å². The van der Waals surface area contributed by atoms with Crippen molar-refractivity contribution in [2.24, 2.45) is 0 Å². The predicted molar refractivity (Wildman–Crippen MR) is 119 cm³/mol. The maximum atomic E-state index is 13.6. The quantitative estimate of drug-likeness (QED) is 0.757. The molecule has 1 N–H and O–H groups in total. The van der Waals surface area contributed by atoms with Gasteiger partial charge in [-0.15, -0.1) is 0 Å². The number of aryl methyl sites for hydroxylation is 1. The van der Waals surface area contributed by atoms with Gasteiger partial charge < -0.3 is 5.32 Å². The predicted octanol–water partition coefficient (Wildman–Crippen LogP) is 4.64. The summed E-state index contributed by atoms with van der Waals surface area (Å²) in [6.45, 7) is 11.5. The summed E-state index contributed by atoms with van der Waals surface area (Å²) < 4.78 is 0. The summed E-state index contributed by atoms with van der Waals surface area (Å²) in [5.41, 5.74) is 1.53. The molecule has 4 rings (SSSR count). The van der Waals surface area contributed by atoms with Crippen LogP contribution in [0.25, 0.3) is 0 Å². The Morgan fingerprint density at radius 2 is 1.43 bits per heavy atom. The molecule has 5 nitrogen and oxygen atoms in total. The molecule has 2 aliphatic heterocycles. The third kappa shape index (κ3) is 3.41. The minimum atomic E-state index is -0.887. The Bertz CT molecular complexity index is 946. The number of imide groups is 1. The molecule has 0 saturated carbocycles. The van der Waals surface area contributed by atoms with E-state index >= 15 is 0 Å². The van der Waals surface area contributed by atoms with Crippen molar-refractivity contribution in [1.82, 2.24) is 10.2 Å². The molecule has 0 aliphatic carbocycles. The Labute approximate surface area is 179 Å². The summed E-state index contributed by atoms with van der Waals surface area (Å²) in [5, 5.41) is 3.09. The van der Waals surface area contributed by atoms with E-state index in [0.717, 1.165) is 12.1 Å². The summed E-state index contributed by atoms with van der Waals surface area (Å²) in [4.78, 5) is 30.3. The number of urea groups is 1. The lowest BCUT2D eigenvalue weighted by atomic mass is 9.68. The lowest BCUT2D eigenvalue weighted by Gasteiger charge is -2.57. The third-order valence-corrected chi connectivity index (χ3v) is 6.57. The topological polar surface area (TPSA) is 52.7 Å². The molecule has 2 aromatic carbocycles. The van der Waals surface area contributed by atoms with Crippen molar-refractivity contribution in [1.29, 1.82) is 0 Å². The fourth-order valence-electron chi connectivity index (χ4n) is 5.53. The zero-order chi connectivity index (χ0) is 21.7. The van der Waals surface area contributed by atoms with Crippen molar-refractivity contribution >= 4 is 17.6 Å². The van der Waals surface area contributed by atoms with Gasteiger partial charge in [0.1, 0.15) is 5.54 Å². The summed E-state index contributed by atoms with van der Waals surface area (Å²) >= 11 is 0. The summed E-state index contributed by atoms with van der Waals surface area (Å²) in [6, 6.07) is 17.6. The number of piperidine rings is 1. The van der Waals surface area contributed by atoms with Crippen LogP contribution in [0.15, 0.2) is 54.6 Å². The third-order valence-electron chi connectivity index (χ3n) is 6.57. The fourth-order valence-corrected chi connectivity index (χ4v) is 5.53. The smallest absolute Gasteiger partial charge is 0.323 e. The molecule has 0 unspecified atom stereocenters. The van der Waals surface area contributed by atoms with E-state index in [9.17, 15) is 9.59 Å². The number of amides is 3. The molecule has 2 aliphatic rings. The molecule has 0 bridgehead atoms. The SMILES string of the molecule is Cc1ccc(N2C(=O)NC3(CC(C)(C)N(Cc4ccccc4)C(C)(C)C3)C2=O)cc1. The zero-order valence-corrected chi connectivity index (χ0v) is 18.5. The van der Waals surface area contributed by atoms with Crippen molar-refractivity contribution in [2.75, 3.05) is 4.90 Å². The molecule has 0 aromatic heterocycles. The molecule has 2 aromatic rings. The first-order valence-electron chi connectivity index (χ1n) is 10.6. The number of nitrogens with one attached hydrogen (secondary N) is 1. The number of anilines is 1. The van der Waals surface area contributed by atoms with Crippen LogP contribution in [0.1, 0.15) is 51.7 Å². The highest BCUT2D eigenvalue weighted by atomic mass is 16.2. The highest BCUT2D eigenvalue weighted by Crippen LogP contribution is 2.47. The molecular formula is C25H31N3O2. The Morgan fingerprint density at radius 3 is 2.00 bits per heavy atom.